The monoisotopic (exact) mass is 427 g/mol. The van der Waals surface area contributed by atoms with Crippen LogP contribution in [0.5, 0.6) is 0 Å². The highest BCUT2D eigenvalue weighted by atomic mass is 32.2. The molecule has 0 radical (unpaired) electrons. The largest absolute Gasteiger partial charge is 0.342 e. The number of anilines is 1. The number of benzene rings is 2. The maximum atomic E-state index is 12.9. The molecule has 1 aromatic heterocycles. The Morgan fingerprint density at radius 2 is 1.83 bits per heavy atom. The van der Waals surface area contributed by atoms with E-state index in [-0.39, 0.29) is 29.4 Å². The van der Waals surface area contributed by atoms with E-state index in [1.54, 1.807) is 17.7 Å². The number of aryl methyl sites for hydroxylation is 1. The average molecular weight is 428 g/mol. The third-order valence-corrected chi connectivity index (χ3v) is 5.47. The van der Waals surface area contributed by atoms with Gasteiger partial charge in [0.05, 0.1) is 11.8 Å². The van der Waals surface area contributed by atoms with Gasteiger partial charge in [-0.2, -0.15) is 0 Å². The topological polar surface area (TPSA) is 88.9 Å². The van der Waals surface area contributed by atoms with Crippen LogP contribution in [0.1, 0.15) is 34.7 Å². The van der Waals surface area contributed by atoms with Crippen molar-refractivity contribution in [2.24, 2.45) is 7.05 Å². The number of halogens is 1. The molecule has 3 aromatic rings. The Labute approximate surface area is 178 Å². The molecular weight excluding hydrogens is 405 g/mol. The van der Waals surface area contributed by atoms with E-state index in [2.05, 4.69) is 20.8 Å². The summed E-state index contributed by atoms with van der Waals surface area (Å²) in [5.74, 6) is -0.0858. The van der Waals surface area contributed by atoms with Gasteiger partial charge in [0.15, 0.2) is 11.0 Å². The Morgan fingerprint density at radius 3 is 2.53 bits per heavy atom. The molecular formula is C21H22FN5O2S. The lowest BCUT2D eigenvalue weighted by Crippen LogP contribution is -2.29. The molecule has 0 unspecified atom stereocenters. The second-order valence-electron chi connectivity index (χ2n) is 6.75. The normalized spacial score (nSPS) is 11.7. The quantitative estimate of drug-likeness (QED) is 0.564. The molecule has 3 rings (SSSR count). The fourth-order valence-electron chi connectivity index (χ4n) is 2.86. The summed E-state index contributed by atoms with van der Waals surface area (Å²) in [7, 11) is 1.78. The zero-order chi connectivity index (χ0) is 21.7. The maximum absolute atomic E-state index is 12.9. The third-order valence-electron chi connectivity index (χ3n) is 4.45. The SMILES string of the molecule is Cc1ccccc1C(=O)N[C@@H](C)c1nnc(SCC(=O)Nc2ccc(F)cc2)n1C. The summed E-state index contributed by atoms with van der Waals surface area (Å²) in [6.07, 6.45) is 0. The van der Waals surface area contributed by atoms with Crippen molar-refractivity contribution in [3.05, 3.63) is 71.3 Å². The fourth-order valence-corrected chi connectivity index (χ4v) is 3.57. The summed E-state index contributed by atoms with van der Waals surface area (Å²) in [4.78, 5) is 24.6. The molecule has 2 N–H and O–H groups in total. The number of hydrogen-bond acceptors (Lipinski definition) is 5. The predicted octanol–water partition coefficient (Wildman–Crippen LogP) is 3.48. The zero-order valence-electron chi connectivity index (χ0n) is 16.8. The Bertz CT molecular complexity index is 1050. The molecule has 9 heteroatoms. The number of rotatable bonds is 7. The molecule has 0 fully saturated rings. The van der Waals surface area contributed by atoms with Gasteiger partial charge in [-0.05, 0) is 49.7 Å². The second-order valence-corrected chi connectivity index (χ2v) is 7.70. The van der Waals surface area contributed by atoms with Crippen LogP contribution in [0.4, 0.5) is 10.1 Å². The zero-order valence-corrected chi connectivity index (χ0v) is 17.7. The van der Waals surface area contributed by atoms with Crippen LogP contribution >= 0.6 is 11.8 Å². The van der Waals surface area contributed by atoms with Crippen LogP contribution in [-0.2, 0) is 11.8 Å². The predicted molar refractivity (Wildman–Crippen MR) is 114 cm³/mol. The van der Waals surface area contributed by atoms with E-state index < -0.39 is 0 Å². The summed E-state index contributed by atoms with van der Waals surface area (Å²) in [5.41, 5.74) is 2.02. The van der Waals surface area contributed by atoms with E-state index in [0.29, 0.717) is 22.2 Å². The van der Waals surface area contributed by atoms with Gasteiger partial charge in [0.25, 0.3) is 5.91 Å². The van der Waals surface area contributed by atoms with E-state index in [1.807, 2.05) is 32.0 Å². The summed E-state index contributed by atoms with van der Waals surface area (Å²) in [6, 6.07) is 12.6. The highest BCUT2D eigenvalue weighted by Crippen LogP contribution is 2.20. The number of nitrogens with zero attached hydrogens (tertiary/aromatic N) is 3. The van der Waals surface area contributed by atoms with Gasteiger partial charge in [0.2, 0.25) is 5.91 Å². The molecule has 0 bridgehead atoms. The first kappa shape index (κ1) is 21.5. The minimum atomic E-state index is -0.364. The van der Waals surface area contributed by atoms with Crippen molar-refractivity contribution >= 4 is 29.3 Å². The molecule has 1 atom stereocenters. The first-order valence-electron chi connectivity index (χ1n) is 9.29. The average Bonchev–Trinajstić information content (AvgIpc) is 3.09. The molecule has 0 aliphatic rings. The van der Waals surface area contributed by atoms with Gasteiger partial charge in [-0.25, -0.2) is 4.39 Å². The first-order chi connectivity index (χ1) is 14.3. The lowest BCUT2D eigenvalue weighted by Gasteiger charge is -2.14. The van der Waals surface area contributed by atoms with Crippen LogP contribution in [0.25, 0.3) is 0 Å². The number of carbonyl (C=O) groups is 2. The molecule has 0 spiro atoms. The molecule has 1 heterocycles. The molecule has 0 aliphatic heterocycles. The van der Waals surface area contributed by atoms with Gasteiger partial charge >= 0.3 is 0 Å². The Balaban J connectivity index is 1.58. The van der Waals surface area contributed by atoms with E-state index in [1.165, 1.54) is 36.0 Å². The van der Waals surface area contributed by atoms with Crippen molar-refractivity contribution < 1.29 is 14.0 Å². The van der Waals surface area contributed by atoms with Gasteiger partial charge in [0.1, 0.15) is 5.82 Å². The number of amides is 2. The molecule has 0 saturated carbocycles. The standard InChI is InChI=1S/C21H22FN5O2S/c1-13-6-4-5-7-17(13)20(29)23-14(2)19-25-26-21(27(19)3)30-12-18(28)24-16-10-8-15(22)9-11-16/h4-11,14H,12H2,1-3H3,(H,23,29)(H,24,28)/t14-/m0/s1. The van der Waals surface area contributed by atoms with Gasteiger partial charge < -0.3 is 15.2 Å². The lowest BCUT2D eigenvalue weighted by atomic mass is 10.1. The molecule has 2 aromatic carbocycles. The van der Waals surface area contributed by atoms with Gasteiger partial charge in [0, 0.05) is 18.3 Å². The molecule has 30 heavy (non-hydrogen) atoms. The summed E-state index contributed by atoms with van der Waals surface area (Å²) < 4.78 is 14.7. The Kier molecular flexibility index (Phi) is 6.83. The molecule has 7 nitrogen and oxygen atoms in total. The van der Waals surface area contributed by atoms with Crippen LogP contribution < -0.4 is 10.6 Å². The van der Waals surface area contributed by atoms with Crippen LogP contribution in [0.15, 0.2) is 53.7 Å². The van der Waals surface area contributed by atoms with E-state index in [9.17, 15) is 14.0 Å². The van der Waals surface area contributed by atoms with Crippen molar-refractivity contribution in [2.45, 2.75) is 25.0 Å². The number of hydrogen-bond donors (Lipinski definition) is 2. The number of nitrogens with one attached hydrogen (secondary N) is 2. The smallest absolute Gasteiger partial charge is 0.252 e. The minimum Gasteiger partial charge on any atom is -0.342 e. The minimum absolute atomic E-state index is 0.118. The Hall–Kier alpha value is -3.20. The van der Waals surface area contributed by atoms with Crippen molar-refractivity contribution in [2.75, 3.05) is 11.1 Å². The number of aromatic nitrogens is 3. The fraction of sp³-hybridized carbons (Fsp3) is 0.238. The summed E-state index contributed by atoms with van der Waals surface area (Å²) in [6.45, 7) is 3.71. The van der Waals surface area contributed by atoms with Gasteiger partial charge in [-0.1, -0.05) is 30.0 Å². The third kappa shape index (κ3) is 5.24. The first-order valence-corrected chi connectivity index (χ1v) is 10.3. The highest BCUT2D eigenvalue weighted by Gasteiger charge is 2.19. The number of carbonyl (C=O) groups excluding carboxylic acids is 2. The van der Waals surface area contributed by atoms with E-state index >= 15 is 0 Å². The van der Waals surface area contributed by atoms with Crippen molar-refractivity contribution in [1.82, 2.24) is 20.1 Å². The van der Waals surface area contributed by atoms with Crippen LogP contribution in [-0.4, -0.2) is 32.3 Å². The summed E-state index contributed by atoms with van der Waals surface area (Å²) >= 11 is 1.22. The van der Waals surface area contributed by atoms with E-state index in [0.717, 1.165) is 5.56 Å². The van der Waals surface area contributed by atoms with Crippen molar-refractivity contribution in [1.29, 1.82) is 0 Å². The molecule has 156 valence electrons. The maximum Gasteiger partial charge on any atom is 0.252 e. The van der Waals surface area contributed by atoms with E-state index in [4.69, 9.17) is 0 Å². The Morgan fingerprint density at radius 1 is 1.13 bits per heavy atom. The van der Waals surface area contributed by atoms with Crippen LogP contribution in [0.3, 0.4) is 0 Å². The second kappa shape index (κ2) is 9.53. The highest BCUT2D eigenvalue weighted by molar-refractivity contribution is 7.99. The van der Waals surface area contributed by atoms with Crippen LogP contribution in [0, 0.1) is 12.7 Å². The van der Waals surface area contributed by atoms with Crippen molar-refractivity contribution in [3.63, 3.8) is 0 Å². The summed E-state index contributed by atoms with van der Waals surface area (Å²) in [5, 5.41) is 14.5. The molecule has 0 saturated heterocycles. The van der Waals surface area contributed by atoms with Gasteiger partial charge in [-0.15, -0.1) is 10.2 Å². The molecule has 2 amide bonds. The van der Waals surface area contributed by atoms with Gasteiger partial charge in [-0.3, -0.25) is 9.59 Å². The molecule has 0 aliphatic carbocycles. The van der Waals surface area contributed by atoms with Crippen LogP contribution in [0.2, 0.25) is 0 Å². The van der Waals surface area contributed by atoms with Crippen molar-refractivity contribution in [3.8, 4) is 0 Å². The lowest BCUT2D eigenvalue weighted by molar-refractivity contribution is -0.113. The number of thioether (sulfide) groups is 1.